The molecule has 8 rings (SSSR count). The molecule has 3 aromatic rings. The normalized spacial score (nSPS) is 32.0. The van der Waals surface area contributed by atoms with Crippen molar-refractivity contribution in [2.45, 2.75) is 88.7 Å². The van der Waals surface area contributed by atoms with Gasteiger partial charge in [-0.3, -0.25) is 18.9 Å². The molecule has 184 valence electrons. The van der Waals surface area contributed by atoms with Crippen molar-refractivity contribution in [2.24, 2.45) is 5.41 Å². The summed E-state index contributed by atoms with van der Waals surface area (Å²) in [6.07, 6.45) is 8.59. The van der Waals surface area contributed by atoms with Crippen LogP contribution in [0.25, 0.3) is 5.65 Å². The zero-order valence-corrected chi connectivity index (χ0v) is 20.0. The molecule has 1 saturated heterocycles. The van der Waals surface area contributed by atoms with Gasteiger partial charge in [0.1, 0.15) is 0 Å². The summed E-state index contributed by atoms with van der Waals surface area (Å²) in [5.41, 5.74) is 3.05. The van der Waals surface area contributed by atoms with Crippen molar-refractivity contribution in [1.82, 2.24) is 24.1 Å². The van der Waals surface area contributed by atoms with Gasteiger partial charge in [-0.1, -0.05) is 0 Å². The Kier molecular flexibility index (Phi) is 4.43. The molecule has 35 heavy (non-hydrogen) atoms. The molecular weight excluding hydrogens is 452 g/mol. The summed E-state index contributed by atoms with van der Waals surface area (Å²) >= 11 is 0. The number of aryl methyl sites for hydroxylation is 1. The van der Waals surface area contributed by atoms with Crippen LogP contribution in [0.5, 0.6) is 0 Å². The van der Waals surface area contributed by atoms with Crippen LogP contribution >= 0.6 is 0 Å². The average Bonchev–Trinajstić information content (AvgIpc) is 3.52. The van der Waals surface area contributed by atoms with Crippen molar-refractivity contribution < 1.29 is 13.5 Å². The molecular formula is C26H29F2N5O2. The van der Waals surface area contributed by atoms with E-state index >= 15 is 0 Å². The second-order valence-electron chi connectivity index (χ2n) is 11.4. The molecule has 4 saturated carbocycles. The van der Waals surface area contributed by atoms with Gasteiger partial charge in [-0.05, 0) is 58.8 Å². The Labute approximate surface area is 201 Å². The summed E-state index contributed by atoms with van der Waals surface area (Å²) in [5.74, 6) is 0.103. The number of alkyl halides is 2. The molecule has 7 nitrogen and oxygen atoms in total. The van der Waals surface area contributed by atoms with Gasteiger partial charge in [-0.15, -0.1) is 0 Å². The Bertz CT molecular complexity index is 1390. The third kappa shape index (κ3) is 3.09. The van der Waals surface area contributed by atoms with Gasteiger partial charge in [0.05, 0.1) is 29.7 Å². The maximum atomic E-state index is 13.6. The second-order valence-corrected chi connectivity index (χ2v) is 11.4. The number of fused-ring (bicyclic) bond motifs is 1. The Morgan fingerprint density at radius 3 is 2.60 bits per heavy atom. The van der Waals surface area contributed by atoms with Crippen LogP contribution < -0.4 is 5.56 Å². The fourth-order valence-corrected chi connectivity index (χ4v) is 6.61. The average molecular weight is 482 g/mol. The number of halogens is 2. The number of hydrogen-bond donors (Lipinski definition) is 0. The maximum absolute atomic E-state index is 13.6. The van der Waals surface area contributed by atoms with Crippen LogP contribution in [0.2, 0.25) is 0 Å². The zero-order valence-electron chi connectivity index (χ0n) is 20.0. The van der Waals surface area contributed by atoms with Gasteiger partial charge in [0.15, 0.2) is 5.65 Å². The maximum Gasteiger partial charge on any atom is 0.261 e. The van der Waals surface area contributed by atoms with Crippen molar-refractivity contribution in [2.75, 3.05) is 6.61 Å². The van der Waals surface area contributed by atoms with E-state index in [1.807, 2.05) is 24.0 Å². The first kappa shape index (κ1) is 21.6. The number of nitrogens with zero attached hydrogens (tertiary/aromatic N) is 5. The molecule has 1 aliphatic heterocycles. The molecule has 4 aliphatic carbocycles. The lowest BCUT2D eigenvalue weighted by Crippen LogP contribution is -2.68. The summed E-state index contributed by atoms with van der Waals surface area (Å²) in [7, 11) is 0. The van der Waals surface area contributed by atoms with E-state index in [2.05, 4.69) is 11.3 Å². The third-order valence-corrected chi connectivity index (χ3v) is 8.95. The van der Waals surface area contributed by atoms with Crippen LogP contribution in [0, 0.1) is 19.3 Å². The quantitative estimate of drug-likeness (QED) is 0.534. The topological polar surface area (TPSA) is 74.3 Å². The molecule has 5 fully saturated rings. The summed E-state index contributed by atoms with van der Waals surface area (Å²) in [6, 6.07) is 0.517. The highest BCUT2D eigenvalue weighted by atomic mass is 19.3. The van der Waals surface area contributed by atoms with Crippen molar-refractivity contribution in [3.8, 4) is 0 Å². The van der Waals surface area contributed by atoms with Crippen LogP contribution in [0.4, 0.5) is 8.78 Å². The molecule has 0 unspecified atom stereocenters. The van der Waals surface area contributed by atoms with Crippen molar-refractivity contribution in [1.29, 1.82) is 0 Å². The van der Waals surface area contributed by atoms with E-state index < -0.39 is 17.3 Å². The van der Waals surface area contributed by atoms with Gasteiger partial charge < -0.3 is 4.74 Å². The Morgan fingerprint density at radius 2 is 1.89 bits per heavy atom. The second kappa shape index (κ2) is 7.18. The zero-order chi connectivity index (χ0) is 24.1. The first-order chi connectivity index (χ1) is 16.8. The molecule has 0 spiro atoms. The van der Waals surface area contributed by atoms with E-state index in [1.165, 1.54) is 12.8 Å². The lowest BCUT2D eigenvalue weighted by molar-refractivity contribution is -0.222. The molecule has 0 aromatic carbocycles. The molecule has 3 aromatic heterocycles. The first-order valence-corrected chi connectivity index (χ1v) is 12.6. The van der Waals surface area contributed by atoms with E-state index in [0.29, 0.717) is 48.8 Å². The van der Waals surface area contributed by atoms with Crippen LogP contribution in [-0.2, 0) is 10.2 Å². The highest BCUT2D eigenvalue weighted by Gasteiger charge is 2.73. The first-order valence-electron chi connectivity index (χ1n) is 12.6. The molecule has 2 atom stereocenters. The summed E-state index contributed by atoms with van der Waals surface area (Å²) in [6.45, 7) is 4.20. The van der Waals surface area contributed by atoms with Crippen LogP contribution in [-0.4, -0.2) is 37.2 Å². The van der Waals surface area contributed by atoms with Crippen molar-refractivity contribution in [3.63, 3.8) is 0 Å². The molecule has 5 aliphatic rings. The Morgan fingerprint density at radius 1 is 1.11 bits per heavy atom. The smallest absolute Gasteiger partial charge is 0.261 e. The summed E-state index contributed by atoms with van der Waals surface area (Å²) in [5, 5.41) is 4.52. The van der Waals surface area contributed by atoms with Gasteiger partial charge in [0.2, 0.25) is 6.43 Å². The SMILES string of the molecule is Cc1nc2c(C34CC(C(F)F)(C3)C4)nc([C@H]3CCO[C@@H](c4cnn(C5CC5)c4)C3)cn2c(=O)c1C. The lowest BCUT2D eigenvalue weighted by Gasteiger charge is -2.69. The number of aromatic nitrogens is 5. The molecule has 4 heterocycles. The van der Waals surface area contributed by atoms with Crippen LogP contribution in [0.3, 0.4) is 0 Å². The summed E-state index contributed by atoms with van der Waals surface area (Å²) in [4.78, 5) is 23.1. The fraction of sp³-hybridized carbons (Fsp3) is 0.615. The largest absolute Gasteiger partial charge is 0.373 e. The van der Waals surface area contributed by atoms with Gasteiger partial charge in [0, 0.05) is 52.6 Å². The highest BCUT2D eigenvalue weighted by Crippen LogP contribution is 2.75. The minimum Gasteiger partial charge on any atom is -0.373 e. The number of hydrogen-bond acceptors (Lipinski definition) is 5. The highest BCUT2D eigenvalue weighted by molar-refractivity contribution is 5.54. The van der Waals surface area contributed by atoms with E-state index in [0.717, 1.165) is 29.8 Å². The fourth-order valence-electron chi connectivity index (χ4n) is 6.61. The van der Waals surface area contributed by atoms with E-state index in [-0.39, 0.29) is 17.6 Å². The predicted octanol–water partition coefficient (Wildman–Crippen LogP) is 4.56. The lowest BCUT2D eigenvalue weighted by atomic mass is 9.34. The minimum absolute atomic E-state index is 0.0751. The van der Waals surface area contributed by atoms with Crippen LogP contribution in [0.1, 0.15) is 91.2 Å². The Balaban J connectivity index is 1.27. The molecule has 0 N–H and O–H groups in total. The van der Waals surface area contributed by atoms with Crippen molar-refractivity contribution in [3.05, 3.63) is 57.2 Å². The van der Waals surface area contributed by atoms with E-state index in [1.54, 1.807) is 11.3 Å². The number of rotatable bonds is 5. The van der Waals surface area contributed by atoms with Gasteiger partial charge in [-0.2, -0.15) is 5.10 Å². The Hall–Kier alpha value is -2.68. The minimum atomic E-state index is -2.31. The van der Waals surface area contributed by atoms with Gasteiger partial charge in [0.25, 0.3) is 5.56 Å². The third-order valence-electron chi connectivity index (χ3n) is 8.95. The number of ether oxygens (including phenoxy) is 1. The molecule has 2 bridgehead atoms. The predicted molar refractivity (Wildman–Crippen MR) is 124 cm³/mol. The monoisotopic (exact) mass is 481 g/mol. The van der Waals surface area contributed by atoms with Crippen molar-refractivity contribution >= 4 is 5.65 Å². The standard InChI is InChI=1S/C26H29F2N5O2/c1-14-15(2)30-22-21(25-11-26(12-25,13-25)24(27)28)31-19(10-32(22)23(14)34)16-5-6-35-20(7-16)17-8-29-33(9-17)18-3-4-18/h8-10,16,18,20,24H,3-7,11-13H2,1-2H3/t16-,20+,25?,26?/m0/s1. The van der Waals surface area contributed by atoms with Gasteiger partial charge >= 0.3 is 0 Å². The summed E-state index contributed by atoms with van der Waals surface area (Å²) < 4.78 is 37.0. The van der Waals surface area contributed by atoms with Crippen LogP contribution in [0.15, 0.2) is 23.4 Å². The molecule has 0 amide bonds. The van der Waals surface area contributed by atoms with Gasteiger partial charge in [-0.25, -0.2) is 13.8 Å². The van der Waals surface area contributed by atoms with E-state index in [9.17, 15) is 13.6 Å². The van der Waals surface area contributed by atoms with E-state index in [4.69, 9.17) is 14.7 Å². The molecule has 0 radical (unpaired) electrons. The molecule has 9 heteroatoms.